The van der Waals surface area contributed by atoms with Gasteiger partial charge in [-0.25, -0.2) is 14.4 Å². The number of nitrogens with zero attached hydrogens (tertiary/aromatic N) is 2. The van der Waals surface area contributed by atoms with Gasteiger partial charge in [-0.05, 0) is 103 Å². The van der Waals surface area contributed by atoms with E-state index in [0.717, 1.165) is 24.8 Å². The van der Waals surface area contributed by atoms with Gasteiger partial charge in [-0.15, -0.1) is 0 Å². The fourth-order valence-electron chi connectivity index (χ4n) is 7.08. The van der Waals surface area contributed by atoms with Gasteiger partial charge in [-0.2, -0.15) is 0 Å². The van der Waals surface area contributed by atoms with Gasteiger partial charge in [0.05, 0.1) is 12.4 Å². The smallest absolute Gasteiger partial charge is 0.347 e. The number of aliphatic hydroxyl groups is 2. The van der Waals surface area contributed by atoms with Gasteiger partial charge in [-0.3, -0.25) is 4.99 Å². The van der Waals surface area contributed by atoms with E-state index >= 15 is 0 Å². The number of aliphatic hydroxyl groups excluding tert-OH is 2. The summed E-state index contributed by atoms with van der Waals surface area (Å²) in [6.45, 7) is 8.85. The summed E-state index contributed by atoms with van der Waals surface area (Å²) in [6.07, 6.45) is 18.1. The van der Waals surface area contributed by atoms with Crippen molar-refractivity contribution in [1.82, 2.24) is 4.90 Å². The second kappa shape index (κ2) is 20.0. The summed E-state index contributed by atoms with van der Waals surface area (Å²) in [7, 11) is 3.75. The second-order valence-electron chi connectivity index (χ2n) is 13.2. The molecule has 0 amide bonds. The van der Waals surface area contributed by atoms with Crippen LogP contribution in [0.1, 0.15) is 78.6 Å². The molecule has 10 nitrogen and oxygen atoms in total. The molecule has 9 atom stereocenters. The topological polar surface area (TPSA) is 135 Å². The Hall–Kier alpha value is -1.60. The molecule has 2 N–H and O–H groups in total. The molecule has 0 aromatic rings. The Morgan fingerprint density at radius 1 is 0.957 bits per heavy atom. The van der Waals surface area contributed by atoms with Crippen LogP contribution in [0.5, 0.6) is 0 Å². The predicted octanol–water partition coefficient (Wildman–Crippen LogP) is 3.19. The van der Waals surface area contributed by atoms with Crippen molar-refractivity contribution in [3.8, 4) is 0 Å². The third-order valence-corrected chi connectivity index (χ3v) is 9.67. The molecule has 4 aliphatic carbocycles. The number of amidine groups is 1. The molecule has 0 aromatic carbocycles. The van der Waals surface area contributed by atoms with Crippen LogP contribution >= 0.6 is 0 Å². The Morgan fingerprint density at radius 2 is 1.52 bits per heavy atom. The molecule has 2 saturated heterocycles. The maximum Gasteiger partial charge on any atom is 0.347 e. The molecule has 4 bridgehead atoms. The van der Waals surface area contributed by atoms with Gasteiger partial charge in [0.15, 0.2) is 12.2 Å². The summed E-state index contributed by atoms with van der Waals surface area (Å²) in [5, 5.41) is 17.8. The van der Waals surface area contributed by atoms with Crippen LogP contribution in [0, 0.1) is 66.6 Å². The van der Waals surface area contributed by atoms with Gasteiger partial charge in [0, 0.05) is 72.2 Å². The molecule has 0 spiro atoms. The van der Waals surface area contributed by atoms with E-state index in [1.165, 1.54) is 91.1 Å². The summed E-state index contributed by atoms with van der Waals surface area (Å²) in [5.41, 5.74) is 0. The Balaban J connectivity index is 0.000000215. The number of fused-ring (bicyclic) bond motifs is 5. The second-order valence-corrected chi connectivity index (χ2v) is 13.2. The first-order valence-corrected chi connectivity index (χ1v) is 16.7. The van der Waals surface area contributed by atoms with E-state index in [2.05, 4.69) is 52.0 Å². The molecule has 4 fully saturated rings. The Bertz CT molecular complexity index is 1070. The summed E-state index contributed by atoms with van der Waals surface area (Å²) >= 11 is 0. The number of cyclic esters (lactones) is 2. The number of ether oxygens (including phenoxy) is 3. The molecule has 7 aliphatic rings. The number of allylic oxidation sites excluding steroid dienone is 4. The molecular weight excluding hydrogens is 813 g/mol. The maximum absolute atomic E-state index is 11.0. The first kappa shape index (κ1) is 38.8. The van der Waals surface area contributed by atoms with Gasteiger partial charge < -0.3 is 29.3 Å². The van der Waals surface area contributed by atoms with Crippen molar-refractivity contribution < 1.29 is 69.9 Å². The molecule has 46 heavy (non-hydrogen) atoms. The SMILES string of the molecule is C1CCC2=NCCCN2CC1.CC(O)C(=O)OCC1CC2C=CC1C2.CC1OC(=O)C(C)OC1=O.OCC1CC2C=CC1C2.[2H][B].[U]. The van der Waals surface area contributed by atoms with Crippen LogP contribution in [0.4, 0.5) is 0 Å². The molecule has 12 heteroatoms. The van der Waals surface area contributed by atoms with Crippen LogP contribution in [0.3, 0.4) is 0 Å². The largest absolute Gasteiger partial charge is 0.463 e. The molecule has 2 radical (unpaired) electrons. The van der Waals surface area contributed by atoms with E-state index in [4.69, 9.17) is 16.3 Å². The predicted molar refractivity (Wildman–Crippen MR) is 173 cm³/mol. The van der Waals surface area contributed by atoms with Crippen LogP contribution in [-0.4, -0.2) is 99.7 Å². The van der Waals surface area contributed by atoms with Gasteiger partial charge in [0.2, 0.25) is 0 Å². The zero-order chi connectivity index (χ0) is 33.6. The Kier molecular flexibility index (Phi) is 16.9. The van der Waals surface area contributed by atoms with E-state index in [1.54, 1.807) is 0 Å². The minimum atomic E-state index is -0.996. The number of aliphatic imine (C=N–C) groups is 1. The van der Waals surface area contributed by atoms with Crippen LogP contribution in [0.2, 0.25) is 0 Å². The first-order valence-electron chi connectivity index (χ1n) is 17.2. The van der Waals surface area contributed by atoms with Crippen molar-refractivity contribution >= 4 is 32.1 Å². The number of hydrogen-bond acceptors (Lipinski definition) is 10. The standard InChI is InChI=1S/C11H16O3.C9H16N2.C8H12O.C6H8O4.BH.U/c1-7(12)11(13)14-6-10-5-8-2-3-9(10)4-8;1-2-5-9-10-6-4-8-11(9)7-3-1;9-5-8-4-6-1-2-7(8)3-6;1-3-5(7)10-4(2)6(8)9-3;;/h2-3,7-10,12H,4-6H2,1H3;1-8H2;1-2,6-9H,3-5H2;3-4H,1-2H3;1H;/i;;;;1D;. The van der Waals surface area contributed by atoms with Gasteiger partial charge >= 0.3 is 17.9 Å². The molecule has 254 valence electrons. The third kappa shape index (κ3) is 11.8. The van der Waals surface area contributed by atoms with Crippen molar-refractivity contribution in [2.45, 2.75) is 96.9 Å². The normalized spacial score (nSPS) is 33.5. The molecule has 3 heterocycles. The first-order chi connectivity index (χ1) is 22.1. The molecule has 2 saturated carbocycles. The number of hydrogen-bond donors (Lipinski definition) is 2. The molecule has 0 aromatic heterocycles. The number of carbonyl (C=O) groups excluding carboxylic acids is 3. The third-order valence-electron chi connectivity index (χ3n) is 9.67. The quantitative estimate of drug-likeness (QED) is 0.189. The van der Waals surface area contributed by atoms with E-state index in [-0.39, 0.29) is 31.1 Å². The Labute approximate surface area is 301 Å². The van der Waals surface area contributed by atoms with E-state index in [1.807, 2.05) is 0 Å². The zero-order valence-electron chi connectivity index (χ0n) is 28.7. The molecule has 9 unspecified atom stereocenters. The summed E-state index contributed by atoms with van der Waals surface area (Å²) in [6, 6.07) is 0. The van der Waals surface area contributed by atoms with Crippen molar-refractivity contribution in [2.24, 2.45) is 40.5 Å². The van der Waals surface area contributed by atoms with Crippen LogP contribution in [0.15, 0.2) is 29.3 Å². The Morgan fingerprint density at radius 3 is 2.00 bits per heavy atom. The number of carbonyl (C=O) groups is 3. The molecule has 7 rings (SSSR count). The minimum absolute atomic E-state index is 0. The fourth-order valence-corrected chi connectivity index (χ4v) is 7.08. The van der Waals surface area contributed by atoms with Crippen LogP contribution in [-0.2, 0) is 28.6 Å². The number of rotatable bonds is 4. The summed E-state index contributed by atoms with van der Waals surface area (Å²) in [5.74, 6) is 3.85. The maximum atomic E-state index is 11.0. The van der Waals surface area contributed by atoms with Crippen molar-refractivity contribution in [1.29, 1.82) is 1.34 Å². The van der Waals surface area contributed by atoms with Crippen molar-refractivity contribution in [3.05, 3.63) is 24.3 Å². The van der Waals surface area contributed by atoms with Crippen LogP contribution in [0.25, 0.3) is 0 Å². The molecule has 3 aliphatic heterocycles. The van der Waals surface area contributed by atoms with Crippen molar-refractivity contribution in [2.75, 3.05) is 32.8 Å². The van der Waals surface area contributed by atoms with E-state index in [9.17, 15) is 14.4 Å². The zero-order valence-corrected chi connectivity index (χ0v) is 31.9. The fraction of sp³-hybridized carbons (Fsp3) is 0.765. The monoisotopic (exact) mass is 867 g/mol. The van der Waals surface area contributed by atoms with Gasteiger partial charge in [0.25, 0.3) is 0 Å². The van der Waals surface area contributed by atoms with Gasteiger partial charge in [0.1, 0.15) is 6.10 Å². The molecular formula is C34H53BN2O8U. The average Bonchev–Trinajstić information content (AvgIpc) is 3.86. The van der Waals surface area contributed by atoms with Crippen LogP contribution < -0.4 is 0 Å². The van der Waals surface area contributed by atoms with Crippen molar-refractivity contribution in [3.63, 3.8) is 0 Å². The summed E-state index contributed by atoms with van der Waals surface area (Å²) < 4.78 is 19.5. The summed E-state index contributed by atoms with van der Waals surface area (Å²) in [4.78, 5) is 39.4. The van der Waals surface area contributed by atoms with E-state index in [0.29, 0.717) is 36.9 Å². The van der Waals surface area contributed by atoms with E-state index < -0.39 is 36.2 Å². The minimum Gasteiger partial charge on any atom is -0.463 e. The van der Waals surface area contributed by atoms with Gasteiger partial charge in [-0.1, -0.05) is 30.7 Å². The average molecular weight is 868 g/mol. The number of esters is 3.